The van der Waals surface area contributed by atoms with Crippen LogP contribution in [0.2, 0.25) is 0 Å². The zero-order chi connectivity index (χ0) is 20.5. The Morgan fingerprint density at radius 2 is 1.50 bits per heavy atom. The summed E-state index contributed by atoms with van der Waals surface area (Å²) in [5.41, 5.74) is 1.67. The van der Waals surface area contributed by atoms with E-state index in [4.69, 9.17) is 0 Å². The second-order valence-corrected chi connectivity index (χ2v) is 8.40. The van der Waals surface area contributed by atoms with Gasteiger partial charge in [0.25, 0.3) is 5.91 Å². The molecule has 1 aliphatic rings. The molecular weight excluding hydrogens is 382 g/mol. The molecule has 0 spiro atoms. The quantitative estimate of drug-likeness (QED) is 0.816. The Labute approximate surface area is 162 Å². The molecule has 0 unspecified atom stereocenters. The Kier molecular flexibility index (Phi) is 5.19. The lowest BCUT2D eigenvalue weighted by Crippen LogP contribution is -2.30. The number of hydrogen-bond acceptors (Lipinski definition) is 5. The maximum atomic E-state index is 12.4. The van der Waals surface area contributed by atoms with E-state index in [2.05, 4.69) is 10.6 Å². The average molecular weight is 401 g/mol. The van der Waals surface area contributed by atoms with Crippen molar-refractivity contribution in [2.24, 2.45) is 5.92 Å². The predicted octanol–water partition coefficient (Wildman–Crippen LogP) is 2.21. The molecule has 1 atom stereocenters. The van der Waals surface area contributed by atoms with Crippen LogP contribution in [0.5, 0.6) is 0 Å². The molecule has 1 aliphatic heterocycles. The number of rotatable bonds is 4. The third-order valence-electron chi connectivity index (χ3n) is 4.19. The van der Waals surface area contributed by atoms with Crippen LogP contribution in [0.3, 0.4) is 0 Å². The monoisotopic (exact) mass is 401 g/mol. The highest BCUT2D eigenvalue weighted by Crippen LogP contribution is 2.28. The highest BCUT2D eigenvalue weighted by molar-refractivity contribution is 7.94. The minimum atomic E-state index is -3.68. The molecule has 9 heteroatoms. The lowest BCUT2D eigenvalue weighted by molar-refractivity contribution is -0.119. The Morgan fingerprint density at radius 3 is 1.96 bits per heavy atom. The fourth-order valence-corrected chi connectivity index (χ4v) is 4.70. The molecule has 0 bridgehead atoms. The van der Waals surface area contributed by atoms with E-state index in [1.807, 2.05) is 0 Å². The minimum absolute atomic E-state index is 0.190. The van der Waals surface area contributed by atoms with Crippen LogP contribution in [0.25, 0.3) is 0 Å². The maximum absolute atomic E-state index is 12.4. The molecular formula is C19H19N3O5S. The normalized spacial score (nSPS) is 18.0. The fraction of sp³-hybridized carbons (Fsp3) is 0.211. The highest BCUT2D eigenvalue weighted by atomic mass is 32.2. The van der Waals surface area contributed by atoms with E-state index >= 15 is 0 Å². The van der Waals surface area contributed by atoms with Crippen LogP contribution in [-0.2, 0) is 19.6 Å². The summed E-state index contributed by atoms with van der Waals surface area (Å²) in [5, 5.41) is 5.34. The summed E-state index contributed by atoms with van der Waals surface area (Å²) in [7, 11) is -3.68. The van der Waals surface area contributed by atoms with Gasteiger partial charge >= 0.3 is 0 Å². The zero-order valence-electron chi connectivity index (χ0n) is 15.3. The van der Waals surface area contributed by atoms with Crippen molar-refractivity contribution in [1.29, 1.82) is 0 Å². The summed E-state index contributed by atoms with van der Waals surface area (Å²) in [6.07, 6.45) is 0. The Hall–Kier alpha value is -3.20. The van der Waals surface area contributed by atoms with Gasteiger partial charge < -0.3 is 10.6 Å². The number of carbonyl (C=O) groups is 3. The van der Waals surface area contributed by atoms with Gasteiger partial charge in [-0.1, -0.05) is 6.92 Å². The number of amides is 3. The number of nitrogens with one attached hydrogen (secondary N) is 2. The number of hydrogen-bond donors (Lipinski definition) is 2. The lowest BCUT2D eigenvalue weighted by atomic mass is 10.1. The Bertz CT molecular complexity index is 1030. The average Bonchev–Trinajstić information content (AvgIpc) is 2.83. The molecule has 8 nitrogen and oxygen atoms in total. The third kappa shape index (κ3) is 4.04. The van der Waals surface area contributed by atoms with E-state index < -0.39 is 21.8 Å². The van der Waals surface area contributed by atoms with Crippen molar-refractivity contribution in [1.82, 2.24) is 0 Å². The van der Waals surface area contributed by atoms with E-state index in [0.29, 0.717) is 16.9 Å². The van der Waals surface area contributed by atoms with E-state index in [-0.39, 0.29) is 23.3 Å². The van der Waals surface area contributed by atoms with Crippen molar-refractivity contribution in [2.75, 3.05) is 20.7 Å². The molecule has 3 rings (SSSR count). The summed E-state index contributed by atoms with van der Waals surface area (Å²) in [6.45, 7) is 2.97. The van der Waals surface area contributed by atoms with E-state index in [9.17, 15) is 22.8 Å². The number of carbonyl (C=O) groups excluding carboxylic acids is 3. The SMILES string of the molecule is CC(=O)Nc1ccc(NC(=O)c2ccc(N3C(=O)[C@H](C)CS3(=O)=O)cc2)cc1. The smallest absolute Gasteiger partial charge is 0.255 e. The second-order valence-electron chi connectivity index (χ2n) is 6.54. The van der Waals surface area contributed by atoms with Crippen LogP contribution in [0.1, 0.15) is 24.2 Å². The summed E-state index contributed by atoms with van der Waals surface area (Å²) in [6, 6.07) is 12.4. The molecule has 1 heterocycles. The third-order valence-corrected chi connectivity index (χ3v) is 6.06. The van der Waals surface area contributed by atoms with Gasteiger partial charge in [-0.2, -0.15) is 0 Å². The van der Waals surface area contributed by atoms with Gasteiger partial charge in [0.2, 0.25) is 21.8 Å². The molecule has 2 N–H and O–H groups in total. The standard InChI is InChI=1S/C19H19N3O5S/c1-12-11-28(26,27)22(19(12)25)17-9-3-14(4-10-17)18(24)21-16-7-5-15(6-8-16)20-13(2)23/h3-10,12H,11H2,1-2H3,(H,20,23)(H,21,24)/t12-/m1/s1. The van der Waals surface area contributed by atoms with Crippen molar-refractivity contribution < 1.29 is 22.8 Å². The van der Waals surface area contributed by atoms with Gasteiger partial charge in [0.15, 0.2) is 0 Å². The molecule has 1 saturated heterocycles. The molecule has 0 saturated carbocycles. The first kappa shape index (κ1) is 19.6. The molecule has 0 radical (unpaired) electrons. The zero-order valence-corrected chi connectivity index (χ0v) is 16.1. The molecule has 3 amide bonds. The number of nitrogens with zero attached hydrogens (tertiary/aromatic N) is 1. The van der Waals surface area contributed by atoms with E-state index in [1.165, 1.54) is 31.2 Å². The van der Waals surface area contributed by atoms with Gasteiger partial charge in [-0.3, -0.25) is 14.4 Å². The minimum Gasteiger partial charge on any atom is -0.326 e. The first-order valence-electron chi connectivity index (χ1n) is 8.53. The van der Waals surface area contributed by atoms with Gasteiger partial charge in [-0.15, -0.1) is 0 Å². The largest absolute Gasteiger partial charge is 0.326 e. The van der Waals surface area contributed by atoms with Crippen LogP contribution >= 0.6 is 0 Å². The molecule has 146 valence electrons. The van der Waals surface area contributed by atoms with Crippen LogP contribution in [0, 0.1) is 5.92 Å². The fourth-order valence-electron chi connectivity index (χ4n) is 2.88. The molecule has 2 aromatic rings. The van der Waals surface area contributed by atoms with Gasteiger partial charge in [0.1, 0.15) is 0 Å². The highest BCUT2D eigenvalue weighted by Gasteiger charge is 2.41. The molecule has 0 aliphatic carbocycles. The van der Waals surface area contributed by atoms with Crippen LogP contribution in [0.4, 0.5) is 17.1 Å². The van der Waals surface area contributed by atoms with Crippen LogP contribution in [0.15, 0.2) is 48.5 Å². The molecule has 28 heavy (non-hydrogen) atoms. The second kappa shape index (κ2) is 7.43. The Morgan fingerprint density at radius 1 is 0.964 bits per heavy atom. The maximum Gasteiger partial charge on any atom is 0.255 e. The molecule has 0 aromatic heterocycles. The van der Waals surface area contributed by atoms with Crippen molar-refractivity contribution in [3.63, 3.8) is 0 Å². The van der Waals surface area contributed by atoms with Crippen molar-refractivity contribution >= 4 is 44.8 Å². The summed E-state index contributed by atoms with van der Waals surface area (Å²) in [4.78, 5) is 35.5. The predicted molar refractivity (Wildman–Crippen MR) is 106 cm³/mol. The number of benzene rings is 2. The van der Waals surface area contributed by atoms with Gasteiger partial charge in [-0.25, -0.2) is 12.7 Å². The van der Waals surface area contributed by atoms with Crippen molar-refractivity contribution in [3.8, 4) is 0 Å². The molecule has 2 aromatic carbocycles. The van der Waals surface area contributed by atoms with Crippen molar-refractivity contribution in [2.45, 2.75) is 13.8 Å². The van der Waals surface area contributed by atoms with Crippen molar-refractivity contribution in [3.05, 3.63) is 54.1 Å². The number of sulfonamides is 1. The first-order chi connectivity index (χ1) is 13.2. The lowest BCUT2D eigenvalue weighted by Gasteiger charge is -2.15. The Balaban J connectivity index is 1.72. The summed E-state index contributed by atoms with van der Waals surface area (Å²) < 4.78 is 25.1. The molecule has 1 fully saturated rings. The van der Waals surface area contributed by atoms with E-state index in [0.717, 1.165) is 4.31 Å². The van der Waals surface area contributed by atoms with Crippen LogP contribution in [-0.4, -0.2) is 31.9 Å². The first-order valence-corrected chi connectivity index (χ1v) is 10.1. The van der Waals surface area contributed by atoms with E-state index in [1.54, 1.807) is 31.2 Å². The van der Waals surface area contributed by atoms with Gasteiger partial charge in [0.05, 0.1) is 17.4 Å². The number of anilines is 3. The van der Waals surface area contributed by atoms with Crippen LogP contribution < -0.4 is 14.9 Å². The summed E-state index contributed by atoms with van der Waals surface area (Å²) >= 11 is 0. The van der Waals surface area contributed by atoms with Gasteiger partial charge in [-0.05, 0) is 48.5 Å². The summed E-state index contributed by atoms with van der Waals surface area (Å²) in [5.74, 6) is -1.86. The topological polar surface area (TPSA) is 113 Å². The van der Waals surface area contributed by atoms with Gasteiger partial charge in [0, 0.05) is 23.9 Å².